The first-order valence-corrected chi connectivity index (χ1v) is 12.0. The van der Waals surface area contributed by atoms with E-state index in [1.54, 1.807) is 23.5 Å². The number of nitro benzene ring substituents is 1. The Morgan fingerprint density at radius 2 is 1.77 bits per heavy atom. The normalized spacial score (nSPS) is 15.9. The van der Waals surface area contributed by atoms with Crippen LogP contribution < -0.4 is 4.80 Å². The van der Waals surface area contributed by atoms with Gasteiger partial charge in [-0.05, 0) is 49.6 Å². The van der Waals surface area contributed by atoms with Gasteiger partial charge in [-0.1, -0.05) is 47.3 Å². The molecule has 0 amide bonds. The van der Waals surface area contributed by atoms with Crippen molar-refractivity contribution in [3.63, 3.8) is 0 Å². The van der Waals surface area contributed by atoms with Gasteiger partial charge in [0.2, 0.25) is 4.80 Å². The summed E-state index contributed by atoms with van der Waals surface area (Å²) >= 11 is 5.04. The molecule has 0 atom stereocenters. The molecule has 0 bridgehead atoms. The standard InChI is InChI=1S/C23H23BrN4O2S/c1-16(17-7-11-19(24)12-8-17)26-27-22(18-9-13-21(14-10-18)28(29)30)15-31-23(27)25-20-5-3-2-4-6-20/h7-15,20H,2-6H2,1H3/b25-23?,26-16-. The van der Waals surface area contributed by atoms with Crippen LogP contribution in [0.25, 0.3) is 11.3 Å². The lowest BCUT2D eigenvalue weighted by molar-refractivity contribution is -0.384. The highest BCUT2D eigenvalue weighted by Gasteiger charge is 2.15. The Bertz CT molecular complexity index is 1160. The maximum Gasteiger partial charge on any atom is 0.269 e. The number of nitro groups is 1. The van der Waals surface area contributed by atoms with Gasteiger partial charge in [-0.25, -0.2) is 4.68 Å². The molecule has 1 aromatic heterocycles. The lowest BCUT2D eigenvalue weighted by Gasteiger charge is -2.17. The predicted molar refractivity (Wildman–Crippen MR) is 129 cm³/mol. The second-order valence-corrected chi connectivity index (χ2v) is 9.38. The van der Waals surface area contributed by atoms with Crippen LogP contribution in [0.4, 0.5) is 5.69 Å². The number of hydrogen-bond acceptors (Lipinski definition) is 5. The molecule has 6 nitrogen and oxygen atoms in total. The molecule has 4 rings (SSSR count). The van der Waals surface area contributed by atoms with Crippen LogP contribution in [-0.4, -0.2) is 21.4 Å². The van der Waals surface area contributed by atoms with Gasteiger partial charge in [0, 0.05) is 27.5 Å². The number of non-ortho nitro benzene ring substituents is 1. The van der Waals surface area contributed by atoms with E-state index in [1.165, 1.54) is 31.4 Å². The zero-order valence-electron chi connectivity index (χ0n) is 17.2. The van der Waals surface area contributed by atoms with Crippen molar-refractivity contribution < 1.29 is 4.92 Å². The number of hydrogen-bond donors (Lipinski definition) is 0. The Morgan fingerprint density at radius 1 is 1.10 bits per heavy atom. The Hall–Kier alpha value is -2.58. The molecule has 1 heterocycles. The molecule has 0 spiro atoms. The number of halogens is 1. The molecule has 1 aliphatic rings. The lowest BCUT2D eigenvalue weighted by atomic mass is 9.96. The van der Waals surface area contributed by atoms with Crippen molar-refractivity contribution in [3.8, 4) is 11.3 Å². The van der Waals surface area contributed by atoms with Crippen LogP contribution in [0, 0.1) is 10.1 Å². The van der Waals surface area contributed by atoms with E-state index in [2.05, 4.69) is 15.9 Å². The highest BCUT2D eigenvalue weighted by atomic mass is 79.9. The Kier molecular flexibility index (Phi) is 6.77. The van der Waals surface area contributed by atoms with Crippen LogP contribution in [0.2, 0.25) is 0 Å². The van der Waals surface area contributed by atoms with Crippen molar-refractivity contribution in [2.24, 2.45) is 10.1 Å². The fraction of sp³-hybridized carbons (Fsp3) is 0.304. The van der Waals surface area contributed by atoms with E-state index in [1.807, 2.05) is 41.2 Å². The Morgan fingerprint density at radius 3 is 2.42 bits per heavy atom. The van der Waals surface area contributed by atoms with Crippen molar-refractivity contribution in [1.29, 1.82) is 0 Å². The van der Waals surface area contributed by atoms with Crippen LogP contribution in [-0.2, 0) is 0 Å². The van der Waals surface area contributed by atoms with E-state index in [9.17, 15) is 10.1 Å². The summed E-state index contributed by atoms with van der Waals surface area (Å²) < 4.78 is 2.91. The molecule has 1 fully saturated rings. The Balaban J connectivity index is 1.79. The van der Waals surface area contributed by atoms with Crippen LogP contribution in [0.3, 0.4) is 0 Å². The third-order valence-electron chi connectivity index (χ3n) is 5.44. The number of aromatic nitrogens is 1. The van der Waals surface area contributed by atoms with Crippen molar-refractivity contribution >= 4 is 38.7 Å². The highest BCUT2D eigenvalue weighted by molar-refractivity contribution is 9.10. The van der Waals surface area contributed by atoms with E-state index in [-0.39, 0.29) is 10.6 Å². The zero-order valence-corrected chi connectivity index (χ0v) is 19.6. The third-order valence-corrected chi connectivity index (χ3v) is 6.80. The fourth-order valence-electron chi connectivity index (χ4n) is 3.70. The van der Waals surface area contributed by atoms with E-state index in [4.69, 9.17) is 10.1 Å². The van der Waals surface area contributed by atoms with E-state index >= 15 is 0 Å². The monoisotopic (exact) mass is 498 g/mol. The molecule has 0 aliphatic heterocycles. The van der Waals surface area contributed by atoms with Gasteiger partial charge in [0.05, 0.1) is 22.4 Å². The van der Waals surface area contributed by atoms with Gasteiger partial charge in [-0.2, -0.15) is 5.10 Å². The van der Waals surface area contributed by atoms with Crippen LogP contribution in [0.1, 0.15) is 44.6 Å². The molecule has 0 N–H and O–H groups in total. The summed E-state index contributed by atoms with van der Waals surface area (Å²) in [6, 6.07) is 15.0. The average molecular weight is 499 g/mol. The van der Waals surface area contributed by atoms with Crippen LogP contribution in [0.5, 0.6) is 0 Å². The first-order valence-electron chi connectivity index (χ1n) is 10.3. The largest absolute Gasteiger partial charge is 0.269 e. The van der Waals surface area contributed by atoms with Gasteiger partial charge >= 0.3 is 0 Å². The van der Waals surface area contributed by atoms with Crippen molar-refractivity contribution in [3.05, 3.63) is 78.9 Å². The number of nitrogens with zero attached hydrogens (tertiary/aromatic N) is 4. The van der Waals surface area contributed by atoms with E-state index in [0.717, 1.165) is 44.6 Å². The number of rotatable bonds is 5. The SMILES string of the molecule is C/C(=N/n1c(-c2ccc([N+](=O)[O-])cc2)csc1=NC1CCCCC1)c1ccc(Br)cc1. The topological polar surface area (TPSA) is 72.8 Å². The minimum atomic E-state index is -0.384. The van der Waals surface area contributed by atoms with Crippen LogP contribution in [0.15, 0.2) is 68.5 Å². The smallest absolute Gasteiger partial charge is 0.258 e. The maximum absolute atomic E-state index is 11.0. The van der Waals surface area contributed by atoms with Crippen molar-refractivity contribution in [2.45, 2.75) is 45.1 Å². The summed E-state index contributed by atoms with van der Waals surface area (Å²) in [5.74, 6) is 0. The molecule has 0 saturated heterocycles. The summed E-state index contributed by atoms with van der Waals surface area (Å²) in [5, 5.41) is 18.0. The summed E-state index contributed by atoms with van der Waals surface area (Å²) in [5.41, 5.74) is 3.73. The molecule has 2 aromatic carbocycles. The Labute approximate surface area is 193 Å². The van der Waals surface area contributed by atoms with E-state index in [0.29, 0.717) is 6.04 Å². The molecular weight excluding hydrogens is 476 g/mol. The molecule has 160 valence electrons. The highest BCUT2D eigenvalue weighted by Crippen LogP contribution is 2.25. The lowest BCUT2D eigenvalue weighted by Crippen LogP contribution is -2.19. The molecule has 1 saturated carbocycles. The first kappa shape index (κ1) is 21.6. The molecule has 0 unspecified atom stereocenters. The maximum atomic E-state index is 11.0. The van der Waals surface area contributed by atoms with Crippen molar-refractivity contribution in [1.82, 2.24) is 4.68 Å². The minimum Gasteiger partial charge on any atom is -0.258 e. The molecule has 8 heteroatoms. The van der Waals surface area contributed by atoms with Crippen LogP contribution >= 0.6 is 27.3 Å². The summed E-state index contributed by atoms with van der Waals surface area (Å²) in [6.07, 6.45) is 5.94. The fourth-order valence-corrected chi connectivity index (χ4v) is 4.87. The molecular formula is C23H23BrN4O2S. The zero-order chi connectivity index (χ0) is 21.8. The molecule has 1 aliphatic carbocycles. The van der Waals surface area contributed by atoms with Gasteiger partial charge < -0.3 is 0 Å². The summed E-state index contributed by atoms with van der Waals surface area (Å²) in [7, 11) is 0. The molecule has 0 radical (unpaired) electrons. The first-order chi connectivity index (χ1) is 15.0. The van der Waals surface area contributed by atoms with Gasteiger partial charge in [-0.3, -0.25) is 15.1 Å². The average Bonchev–Trinajstić information content (AvgIpc) is 3.17. The van der Waals surface area contributed by atoms with Gasteiger partial charge in [0.1, 0.15) is 0 Å². The number of benzene rings is 2. The predicted octanol–water partition coefficient (Wildman–Crippen LogP) is 6.39. The molecule has 3 aromatic rings. The van der Waals surface area contributed by atoms with Crippen molar-refractivity contribution in [2.75, 3.05) is 0 Å². The van der Waals surface area contributed by atoms with Gasteiger partial charge in [-0.15, -0.1) is 11.3 Å². The quantitative estimate of drug-likeness (QED) is 0.232. The number of thiazole rings is 1. The molecule has 31 heavy (non-hydrogen) atoms. The van der Waals surface area contributed by atoms with Gasteiger partial charge in [0.15, 0.2) is 0 Å². The van der Waals surface area contributed by atoms with Gasteiger partial charge in [0.25, 0.3) is 5.69 Å². The minimum absolute atomic E-state index is 0.0761. The summed E-state index contributed by atoms with van der Waals surface area (Å²) in [6.45, 7) is 1.98. The second-order valence-electron chi connectivity index (χ2n) is 7.63. The third kappa shape index (κ3) is 5.19. The van der Waals surface area contributed by atoms with E-state index < -0.39 is 0 Å². The summed E-state index contributed by atoms with van der Waals surface area (Å²) in [4.78, 5) is 16.5. The second kappa shape index (κ2) is 9.70.